The third-order valence-electron chi connectivity index (χ3n) is 2.57. The fraction of sp³-hybridized carbons (Fsp3) is 0. The second-order valence-corrected chi connectivity index (χ2v) is 5.86. The number of benzene rings is 2. The number of urea groups is 1. The fourth-order valence-corrected chi connectivity index (χ4v) is 2.31. The average molecular weight is 414 g/mol. The van der Waals surface area contributed by atoms with Crippen molar-refractivity contribution >= 4 is 55.2 Å². The molecule has 0 radical (unpaired) electrons. The Balaban J connectivity index is 2.06. The SMILES string of the molecule is O=C(Nc1ccc(Br)cc1)Nc1ccc(C(=O)O)cc1Br. The van der Waals surface area contributed by atoms with Crippen LogP contribution in [0.2, 0.25) is 0 Å². The Hall–Kier alpha value is -1.86. The zero-order valence-corrected chi connectivity index (χ0v) is 13.7. The molecule has 7 heteroatoms. The van der Waals surface area contributed by atoms with Crippen LogP contribution in [0.5, 0.6) is 0 Å². The Labute approximate surface area is 137 Å². The van der Waals surface area contributed by atoms with Gasteiger partial charge in [0.2, 0.25) is 0 Å². The molecule has 0 saturated carbocycles. The number of nitrogens with one attached hydrogen (secondary N) is 2. The van der Waals surface area contributed by atoms with E-state index in [0.29, 0.717) is 15.8 Å². The molecule has 0 spiro atoms. The van der Waals surface area contributed by atoms with E-state index in [0.717, 1.165) is 4.47 Å². The summed E-state index contributed by atoms with van der Waals surface area (Å²) in [6, 6.07) is 11.1. The molecule has 3 N–H and O–H groups in total. The highest BCUT2D eigenvalue weighted by molar-refractivity contribution is 9.10. The van der Waals surface area contributed by atoms with E-state index >= 15 is 0 Å². The molecule has 5 nitrogen and oxygen atoms in total. The summed E-state index contributed by atoms with van der Waals surface area (Å²) in [6.07, 6.45) is 0. The third kappa shape index (κ3) is 4.30. The number of hydrogen-bond donors (Lipinski definition) is 3. The second kappa shape index (κ2) is 6.73. The smallest absolute Gasteiger partial charge is 0.335 e. The van der Waals surface area contributed by atoms with E-state index in [4.69, 9.17) is 5.11 Å². The predicted molar refractivity (Wildman–Crippen MR) is 87.9 cm³/mol. The second-order valence-electron chi connectivity index (χ2n) is 4.09. The molecule has 2 rings (SSSR count). The van der Waals surface area contributed by atoms with Gasteiger partial charge in [-0.15, -0.1) is 0 Å². The highest BCUT2D eigenvalue weighted by Gasteiger charge is 2.09. The van der Waals surface area contributed by atoms with Gasteiger partial charge < -0.3 is 15.7 Å². The van der Waals surface area contributed by atoms with Crippen LogP contribution < -0.4 is 10.6 Å². The van der Waals surface area contributed by atoms with E-state index in [1.807, 2.05) is 12.1 Å². The average Bonchev–Trinajstić information content (AvgIpc) is 2.43. The normalized spacial score (nSPS) is 10.0. The van der Waals surface area contributed by atoms with Crippen molar-refractivity contribution < 1.29 is 14.7 Å². The minimum atomic E-state index is -1.03. The Bertz CT molecular complexity index is 687. The van der Waals surface area contributed by atoms with Crippen molar-refractivity contribution in [3.63, 3.8) is 0 Å². The van der Waals surface area contributed by atoms with Gasteiger partial charge in [-0.05, 0) is 58.4 Å². The molecule has 21 heavy (non-hydrogen) atoms. The molecular formula is C14H10Br2N2O3. The summed E-state index contributed by atoms with van der Waals surface area (Å²) in [7, 11) is 0. The lowest BCUT2D eigenvalue weighted by Crippen LogP contribution is -2.19. The highest BCUT2D eigenvalue weighted by Crippen LogP contribution is 2.24. The van der Waals surface area contributed by atoms with E-state index in [2.05, 4.69) is 42.5 Å². The molecule has 2 aromatic carbocycles. The summed E-state index contributed by atoms with van der Waals surface area (Å²) < 4.78 is 1.41. The Morgan fingerprint density at radius 2 is 1.62 bits per heavy atom. The first-order valence-electron chi connectivity index (χ1n) is 5.82. The van der Waals surface area contributed by atoms with E-state index in [1.54, 1.807) is 12.1 Å². The highest BCUT2D eigenvalue weighted by atomic mass is 79.9. The molecule has 2 amide bonds. The Morgan fingerprint density at radius 3 is 2.19 bits per heavy atom. The molecule has 0 atom stereocenters. The van der Waals surface area contributed by atoms with Crippen LogP contribution in [0.25, 0.3) is 0 Å². The summed E-state index contributed by atoms with van der Waals surface area (Å²) in [5, 5.41) is 14.2. The maximum absolute atomic E-state index is 11.9. The lowest BCUT2D eigenvalue weighted by atomic mass is 10.2. The number of halogens is 2. The Kier molecular flexibility index (Phi) is 4.98. The van der Waals surface area contributed by atoms with E-state index in [-0.39, 0.29) is 5.56 Å². The molecule has 0 aliphatic rings. The molecule has 108 valence electrons. The first kappa shape index (κ1) is 15.5. The fourth-order valence-electron chi connectivity index (χ4n) is 1.57. The molecule has 0 aromatic heterocycles. The molecular weight excluding hydrogens is 404 g/mol. The minimum absolute atomic E-state index is 0.140. The van der Waals surface area contributed by atoms with Gasteiger partial charge >= 0.3 is 12.0 Å². The van der Waals surface area contributed by atoms with Crippen molar-refractivity contribution in [2.24, 2.45) is 0 Å². The molecule has 0 saturated heterocycles. The van der Waals surface area contributed by atoms with Gasteiger partial charge in [-0.1, -0.05) is 15.9 Å². The minimum Gasteiger partial charge on any atom is -0.478 e. The predicted octanol–water partition coefficient (Wildman–Crippen LogP) is 4.55. The van der Waals surface area contributed by atoms with Gasteiger partial charge in [0.1, 0.15) is 0 Å². The number of anilines is 2. The maximum atomic E-state index is 11.9. The summed E-state index contributed by atoms with van der Waals surface area (Å²) in [6.45, 7) is 0. The van der Waals surface area contributed by atoms with Crippen LogP contribution in [0.3, 0.4) is 0 Å². The van der Waals surface area contributed by atoms with Gasteiger partial charge in [-0.3, -0.25) is 0 Å². The molecule has 0 bridgehead atoms. The number of carbonyl (C=O) groups excluding carboxylic acids is 1. The van der Waals surface area contributed by atoms with Crippen LogP contribution in [0.4, 0.5) is 16.2 Å². The van der Waals surface area contributed by atoms with E-state index < -0.39 is 12.0 Å². The topological polar surface area (TPSA) is 78.4 Å². The van der Waals surface area contributed by atoms with Crippen molar-refractivity contribution in [2.75, 3.05) is 10.6 Å². The molecule has 0 fully saturated rings. The molecule has 0 heterocycles. The first-order chi connectivity index (χ1) is 9.95. The zero-order valence-electron chi connectivity index (χ0n) is 10.6. The first-order valence-corrected chi connectivity index (χ1v) is 7.41. The quantitative estimate of drug-likeness (QED) is 0.690. The van der Waals surface area contributed by atoms with Gasteiger partial charge in [-0.2, -0.15) is 0 Å². The number of carboxylic acid groups (broad SMARTS) is 1. The van der Waals surface area contributed by atoms with E-state index in [9.17, 15) is 9.59 Å². The standard InChI is InChI=1S/C14H10Br2N2O3/c15-9-2-4-10(5-3-9)17-14(21)18-12-6-1-8(13(19)20)7-11(12)16/h1-7H,(H,19,20)(H2,17,18,21). The summed E-state index contributed by atoms with van der Waals surface area (Å²) in [5.74, 6) is -1.03. The van der Waals surface area contributed by atoms with Gasteiger partial charge in [-0.25, -0.2) is 9.59 Å². The van der Waals surface area contributed by atoms with Gasteiger partial charge in [0, 0.05) is 14.6 Å². The van der Waals surface area contributed by atoms with Crippen molar-refractivity contribution in [2.45, 2.75) is 0 Å². The molecule has 0 aliphatic carbocycles. The lowest BCUT2D eigenvalue weighted by Gasteiger charge is -2.09. The van der Waals surface area contributed by atoms with Crippen LogP contribution >= 0.6 is 31.9 Å². The lowest BCUT2D eigenvalue weighted by molar-refractivity contribution is 0.0697. The van der Waals surface area contributed by atoms with Crippen LogP contribution in [0.15, 0.2) is 51.4 Å². The maximum Gasteiger partial charge on any atom is 0.335 e. The van der Waals surface area contributed by atoms with Crippen molar-refractivity contribution in [3.05, 3.63) is 57.0 Å². The number of rotatable bonds is 3. The summed E-state index contributed by atoms with van der Waals surface area (Å²) in [5.41, 5.74) is 1.27. The van der Waals surface area contributed by atoms with Crippen molar-refractivity contribution in [3.8, 4) is 0 Å². The number of hydrogen-bond acceptors (Lipinski definition) is 2. The summed E-state index contributed by atoms with van der Waals surface area (Å²) in [4.78, 5) is 22.7. The van der Waals surface area contributed by atoms with Crippen molar-refractivity contribution in [1.29, 1.82) is 0 Å². The van der Waals surface area contributed by atoms with Crippen LogP contribution in [-0.2, 0) is 0 Å². The van der Waals surface area contributed by atoms with Crippen LogP contribution in [-0.4, -0.2) is 17.1 Å². The summed E-state index contributed by atoms with van der Waals surface area (Å²) >= 11 is 6.54. The van der Waals surface area contributed by atoms with Gasteiger partial charge in [0.15, 0.2) is 0 Å². The monoisotopic (exact) mass is 412 g/mol. The van der Waals surface area contributed by atoms with Crippen molar-refractivity contribution in [1.82, 2.24) is 0 Å². The largest absolute Gasteiger partial charge is 0.478 e. The molecule has 2 aromatic rings. The zero-order chi connectivity index (χ0) is 15.4. The number of aromatic carboxylic acids is 1. The molecule has 0 aliphatic heterocycles. The molecule has 0 unspecified atom stereocenters. The number of amides is 2. The third-order valence-corrected chi connectivity index (χ3v) is 3.75. The van der Waals surface area contributed by atoms with Gasteiger partial charge in [0.05, 0.1) is 11.3 Å². The van der Waals surface area contributed by atoms with E-state index in [1.165, 1.54) is 18.2 Å². The van der Waals surface area contributed by atoms with Crippen LogP contribution in [0.1, 0.15) is 10.4 Å². The number of carboxylic acids is 1. The Morgan fingerprint density at radius 1 is 0.952 bits per heavy atom. The number of carbonyl (C=O) groups is 2. The van der Waals surface area contributed by atoms with Gasteiger partial charge in [0.25, 0.3) is 0 Å². The van der Waals surface area contributed by atoms with Crippen LogP contribution in [0, 0.1) is 0 Å².